The molecule has 10 heteroatoms. The SMILES string of the molecule is CCOc1ccc(S(=O)(=O)NCCc2nc(-c3ccc([N+](=O)[O-])cc3)cs2)cc1. The van der Waals surface area contributed by atoms with Gasteiger partial charge in [0.25, 0.3) is 5.69 Å². The predicted molar refractivity (Wildman–Crippen MR) is 111 cm³/mol. The van der Waals surface area contributed by atoms with Crippen molar-refractivity contribution in [3.8, 4) is 17.0 Å². The lowest BCUT2D eigenvalue weighted by molar-refractivity contribution is -0.384. The topological polar surface area (TPSA) is 111 Å². The lowest BCUT2D eigenvalue weighted by Crippen LogP contribution is -2.25. The molecule has 3 aromatic rings. The first kappa shape index (κ1) is 20.9. The Kier molecular flexibility index (Phi) is 6.57. The molecule has 0 aliphatic carbocycles. The van der Waals surface area contributed by atoms with Crippen molar-refractivity contribution in [2.24, 2.45) is 0 Å². The lowest BCUT2D eigenvalue weighted by atomic mass is 10.1. The first-order valence-electron chi connectivity index (χ1n) is 8.81. The second-order valence-corrected chi connectivity index (χ2v) is 8.69. The highest BCUT2D eigenvalue weighted by molar-refractivity contribution is 7.89. The zero-order valence-corrected chi connectivity index (χ0v) is 17.2. The van der Waals surface area contributed by atoms with Crippen molar-refractivity contribution in [3.63, 3.8) is 0 Å². The molecule has 0 saturated carbocycles. The maximum absolute atomic E-state index is 12.4. The number of non-ortho nitro benzene ring substituents is 1. The van der Waals surface area contributed by atoms with Crippen LogP contribution in [0, 0.1) is 10.1 Å². The van der Waals surface area contributed by atoms with Gasteiger partial charge in [-0.25, -0.2) is 18.1 Å². The van der Waals surface area contributed by atoms with Crippen LogP contribution in [-0.4, -0.2) is 31.5 Å². The van der Waals surface area contributed by atoms with Gasteiger partial charge < -0.3 is 4.74 Å². The van der Waals surface area contributed by atoms with Crippen molar-refractivity contribution < 1.29 is 18.1 Å². The number of nitrogens with one attached hydrogen (secondary N) is 1. The molecule has 0 radical (unpaired) electrons. The number of rotatable bonds is 9. The van der Waals surface area contributed by atoms with Gasteiger partial charge in [0.1, 0.15) is 5.75 Å². The molecule has 0 fully saturated rings. The Morgan fingerprint density at radius 3 is 2.45 bits per heavy atom. The molecule has 0 aliphatic heterocycles. The summed E-state index contributed by atoms with van der Waals surface area (Å²) in [5.74, 6) is 0.619. The summed E-state index contributed by atoms with van der Waals surface area (Å²) in [5, 5.41) is 13.3. The van der Waals surface area contributed by atoms with E-state index in [-0.39, 0.29) is 17.1 Å². The molecular weight excluding hydrogens is 414 g/mol. The number of nitro groups is 1. The number of sulfonamides is 1. The quantitative estimate of drug-likeness (QED) is 0.407. The average molecular weight is 434 g/mol. The number of benzene rings is 2. The predicted octanol–water partition coefficient (Wildman–Crippen LogP) is 3.64. The minimum absolute atomic E-state index is 0.0212. The molecule has 1 N–H and O–H groups in total. The van der Waals surface area contributed by atoms with E-state index in [0.717, 1.165) is 10.6 Å². The van der Waals surface area contributed by atoms with Crippen molar-refractivity contribution in [1.82, 2.24) is 9.71 Å². The first-order valence-corrected chi connectivity index (χ1v) is 11.2. The number of aromatic nitrogens is 1. The normalized spacial score (nSPS) is 11.3. The van der Waals surface area contributed by atoms with Crippen LogP contribution in [-0.2, 0) is 16.4 Å². The minimum atomic E-state index is -3.61. The van der Waals surface area contributed by atoms with Crippen molar-refractivity contribution in [2.45, 2.75) is 18.2 Å². The fraction of sp³-hybridized carbons (Fsp3) is 0.211. The summed E-state index contributed by atoms with van der Waals surface area (Å²) >= 11 is 1.41. The molecule has 29 heavy (non-hydrogen) atoms. The average Bonchev–Trinajstić information content (AvgIpc) is 3.17. The van der Waals surface area contributed by atoms with E-state index in [4.69, 9.17) is 4.74 Å². The molecule has 0 unspecified atom stereocenters. The van der Waals surface area contributed by atoms with E-state index in [1.54, 1.807) is 24.3 Å². The van der Waals surface area contributed by atoms with Gasteiger partial charge in [0.2, 0.25) is 10.0 Å². The van der Waals surface area contributed by atoms with Crippen LogP contribution in [0.15, 0.2) is 58.8 Å². The standard InChI is InChI=1S/C19H19N3O5S2/c1-2-27-16-7-9-17(10-8-16)29(25,26)20-12-11-19-21-18(13-28-19)14-3-5-15(6-4-14)22(23)24/h3-10,13,20H,2,11-12H2,1H3. The Labute approximate surface area is 172 Å². The van der Waals surface area contributed by atoms with Crippen LogP contribution in [0.25, 0.3) is 11.3 Å². The molecule has 3 rings (SSSR count). The van der Waals surface area contributed by atoms with Crippen molar-refractivity contribution in [1.29, 1.82) is 0 Å². The number of thiazole rings is 1. The molecular formula is C19H19N3O5S2. The van der Waals surface area contributed by atoms with Gasteiger partial charge >= 0.3 is 0 Å². The van der Waals surface area contributed by atoms with Gasteiger partial charge in [0.15, 0.2) is 0 Å². The molecule has 0 saturated heterocycles. The third-order valence-electron chi connectivity index (χ3n) is 4.00. The van der Waals surface area contributed by atoms with Gasteiger partial charge in [-0.1, -0.05) is 0 Å². The number of nitro benzene ring substituents is 1. The zero-order valence-electron chi connectivity index (χ0n) is 15.6. The van der Waals surface area contributed by atoms with Gasteiger partial charge in [-0.3, -0.25) is 10.1 Å². The maximum Gasteiger partial charge on any atom is 0.269 e. The van der Waals surface area contributed by atoms with Gasteiger partial charge in [0, 0.05) is 36.0 Å². The summed E-state index contributed by atoms with van der Waals surface area (Å²) in [4.78, 5) is 14.9. The van der Waals surface area contributed by atoms with Crippen molar-refractivity contribution >= 4 is 27.0 Å². The van der Waals surface area contributed by atoms with Crippen LogP contribution in [0.5, 0.6) is 5.75 Å². The van der Waals surface area contributed by atoms with Crippen LogP contribution >= 0.6 is 11.3 Å². The largest absolute Gasteiger partial charge is 0.494 e. The van der Waals surface area contributed by atoms with Crippen LogP contribution in [0.4, 0.5) is 5.69 Å². The van der Waals surface area contributed by atoms with Gasteiger partial charge in [0.05, 0.1) is 27.1 Å². The highest BCUT2D eigenvalue weighted by Crippen LogP contribution is 2.24. The number of ether oxygens (including phenoxy) is 1. The Balaban J connectivity index is 1.58. The van der Waals surface area contributed by atoms with Crippen molar-refractivity contribution in [2.75, 3.05) is 13.2 Å². The van der Waals surface area contributed by atoms with Crippen LogP contribution in [0.3, 0.4) is 0 Å². The second kappa shape index (κ2) is 9.12. The number of nitrogens with zero attached hydrogens (tertiary/aromatic N) is 2. The first-order chi connectivity index (χ1) is 13.9. The smallest absolute Gasteiger partial charge is 0.269 e. The van der Waals surface area contributed by atoms with Gasteiger partial charge in [-0.15, -0.1) is 11.3 Å². The molecule has 2 aromatic carbocycles. The van der Waals surface area contributed by atoms with E-state index < -0.39 is 14.9 Å². The fourth-order valence-electron chi connectivity index (χ4n) is 2.57. The third kappa shape index (κ3) is 5.37. The van der Waals surface area contributed by atoms with Crippen molar-refractivity contribution in [3.05, 3.63) is 69.0 Å². The molecule has 152 valence electrons. The fourth-order valence-corrected chi connectivity index (χ4v) is 4.41. The Hall–Kier alpha value is -2.82. The van der Waals surface area contributed by atoms with Crippen LogP contribution in [0.1, 0.15) is 11.9 Å². The van der Waals surface area contributed by atoms with Crippen LogP contribution < -0.4 is 9.46 Å². The Morgan fingerprint density at radius 1 is 1.14 bits per heavy atom. The monoisotopic (exact) mass is 433 g/mol. The van der Waals surface area contributed by atoms with E-state index in [0.29, 0.717) is 24.5 Å². The second-order valence-electron chi connectivity index (χ2n) is 5.98. The van der Waals surface area contributed by atoms with Gasteiger partial charge in [-0.05, 0) is 43.3 Å². The molecule has 0 aliphatic rings. The Bertz CT molecular complexity index is 1080. The molecule has 0 amide bonds. The van der Waals surface area contributed by atoms with Crippen LogP contribution in [0.2, 0.25) is 0 Å². The lowest BCUT2D eigenvalue weighted by Gasteiger charge is -2.07. The van der Waals surface area contributed by atoms with Gasteiger partial charge in [-0.2, -0.15) is 0 Å². The molecule has 0 bridgehead atoms. The van der Waals surface area contributed by atoms with E-state index in [1.165, 1.54) is 35.6 Å². The highest BCUT2D eigenvalue weighted by atomic mass is 32.2. The number of hydrogen-bond donors (Lipinski definition) is 1. The maximum atomic E-state index is 12.4. The van der Waals surface area contributed by atoms with E-state index >= 15 is 0 Å². The summed E-state index contributed by atoms with van der Waals surface area (Å²) in [7, 11) is -3.61. The molecule has 0 spiro atoms. The molecule has 1 aromatic heterocycles. The van der Waals surface area contributed by atoms with E-state index in [2.05, 4.69) is 9.71 Å². The highest BCUT2D eigenvalue weighted by Gasteiger charge is 2.14. The summed E-state index contributed by atoms with van der Waals surface area (Å²) < 4.78 is 32.6. The number of hydrogen-bond acceptors (Lipinski definition) is 7. The molecule has 8 nitrogen and oxygen atoms in total. The summed E-state index contributed by atoms with van der Waals surface area (Å²) in [5.41, 5.74) is 1.50. The minimum Gasteiger partial charge on any atom is -0.494 e. The van der Waals surface area contributed by atoms with E-state index in [9.17, 15) is 18.5 Å². The Morgan fingerprint density at radius 2 is 1.83 bits per heavy atom. The zero-order chi connectivity index (χ0) is 20.9. The summed E-state index contributed by atoms with van der Waals surface area (Å²) in [6.45, 7) is 2.58. The summed E-state index contributed by atoms with van der Waals surface area (Å²) in [6, 6.07) is 12.4. The summed E-state index contributed by atoms with van der Waals surface area (Å²) in [6.07, 6.45) is 0.438. The van der Waals surface area contributed by atoms with E-state index in [1.807, 2.05) is 12.3 Å². The third-order valence-corrected chi connectivity index (χ3v) is 6.39. The molecule has 0 atom stereocenters. The molecule has 1 heterocycles.